The molecule has 0 saturated carbocycles. The fourth-order valence-corrected chi connectivity index (χ4v) is 2.74. The van der Waals surface area contributed by atoms with Gasteiger partial charge in [-0.25, -0.2) is 9.67 Å². The summed E-state index contributed by atoms with van der Waals surface area (Å²) in [5, 5.41) is 8.40. The van der Waals surface area contributed by atoms with E-state index in [2.05, 4.69) is 26.7 Å². The molecule has 3 aromatic heterocycles. The van der Waals surface area contributed by atoms with E-state index in [0.29, 0.717) is 6.54 Å². The highest BCUT2D eigenvalue weighted by atomic mass is 35.5. The van der Waals surface area contributed by atoms with E-state index in [4.69, 9.17) is 16.1 Å². The van der Waals surface area contributed by atoms with Gasteiger partial charge in [-0.1, -0.05) is 5.16 Å². The normalized spacial score (nSPS) is 13.2. The zero-order valence-electron chi connectivity index (χ0n) is 12.6. The molecule has 0 aliphatic carbocycles. The van der Waals surface area contributed by atoms with Crippen LogP contribution in [0.5, 0.6) is 0 Å². The number of rotatable bonds is 4. The summed E-state index contributed by atoms with van der Waals surface area (Å²) in [4.78, 5) is 4.67. The summed E-state index contributed by atoms with van der Waals surface area (Å²) in [6.45, 7) is 9.19. The van der Waals surface area contributed by atoms with Crippen LogP contribution in [-0.2, 0) is 13.1 Å². The minimum absolute atomic E-state index is 0.185. The van der Waals surface area contributed by atoms with Gasteiger partial charge in [-0.05, 0) is 27.7 Å². The number of nitrogens with zero attached hydrogens (tertiary/aromatic N) is 5. The molecule has 0 N–H and O–H groups in total. The molecule has 0 aliphatic rings. The molecule has 0 amide bonds. The maximum Gasteiger partial charge on any atom is 0.159 e. The van der Waals surface area contributed by atoms with E-state index in [9.17, 15) is 0 Å². The molecule has 0 fully saturated rings. The van der Waals surface area contributed by atoms with E-state index in [1.54, 1.807) is 0 Å². The van der Waals surface area contributed by atoms with Gasteiger partial charge in [-0.15, -0.1) is 11.6 Å². The summed E-state index contributed by atoms with van der Waals surface area (Å²) < 4.78 is 9.18. The highest BCUT2D eigenvalue weighted by Gasteiger charge is 2.21. The first-order chi connectivity index (χ1) is 10.0. The Balaban J connectivity index is 2.19. The van der Waals surface area contributed by atoms with Crippen molar-refractivity contribution in [1.29, 1.82) is 0 Å². The Bertz CT molecular complexity index is 783. The van der Waals surface area contributed by atoms with Crippen LogP contribution in [0.15, 0.2) is 10.6 Å². The van der Waals surface area contributed by atoms with Crippen LogP contribution >= 0.6 is 11.6 Å². The van der Waals surface area contributed by atoms with Gasteiger partial charge in [0.1, 0.15) is 22.8 Å². The van der Waals surface area contributed by atoms with Crippen molar-refractivity contribution in [2.24, 2.45) is 0 Å². The molecule has 0 aliphatic heterocycles. The SMILES string of the molecule is CCn1nc(C)c2nc(C(C)Cl)n(Cc3cc(C)on3)c21. The molecule has 3 heterocycles. The smallest absolute Gasteiger partial charge is 0.159 e. The first-order valence-electron chi connectivity index (χ1n) is 7.01. The summed E-state index contributed by atoms with van der Waals surface area (Å²) in [5.74, 6) is 1.62. The largest absolute Gasteiger partial charge is 0.361 e. The second-order valence-electron chi connectivity index (χ2n) is 5.17. The Hall–Kier alpha value is -1.82. The molecule has 0 spiro atoms. The van der Waals surface area contributed by atoms with Crippen LogP contribution in [0.3, 0.4) is 0 Å². The predicted molar refractivity (Wildman–Crippen MR) is 80.5 cm³/mol. The summed E-state index contributed by atoms with van der Waals surface area (Å²) in [7, 11) is 0. The highest BCUT2D eigenvalue weighted by molar-refractivity contribution is 6.20. The fraction of sp³-hybridized carbons (Fsp3) is 0.500. The Morgan fingerprint density at radius 1 is 1.38 bits per heavy atom. The molecule has 7 heteroatoms. The quantitative estimate of drug-likeness (QED) is 0.694. The van der Waals surface area contributed by atoms with Crippen LogP contribution < -0.4 is 0 Å². The second kappa shape index (κ2) is 5.18. The van der Waals surface area contributed by atoms with E-state index in [1.165, 1.54) is 0 Å². The number of imidazole rings is 1. The van der Waals surface area contributed by atoms with E-state index >= 15 is 0 Å². The zero-order valence-corrected chi connectivity index (χ0v) is 13.3. The van der Waals surface area contributed by atoms with Gasteiger partial charge in [-0.2, -0.15) is 5.10 Å². The Morgan fingerprint density at radius 2 is 2.14 bits per heavy atom. The lowest BCUT2D eigenvalue weighted by molar-refractivity contribution is 0.388. The third kappa shape index (κ3) is 2.33. The number of fused-ring (bicyclic) bond motifs is 1. The lowest BCUT2D eigenvalue weighted by Crippen LogP contribution is -2.10. The Labute approximate surface area is 127 Å². The molecular weight excluding hydrogens is 290 g/mol. The van der Waals surface area contributed by atoms with Gasteiger partial charge in [0.15, 0.2) is 5.65 Å². The van der Waals surface area contributed by atoms with E-state index in [-0.39, 0.29) is 5.38 Å². The molecular formula is C14H18ClN5O. The molecule has 0 bridgehead atoms. The molecule has 0 saturated heterocycles. The van der Waals surface area contributed by atoms with Crippen molar-refractivity contribution in [3.8, 4) is 0 Å². The number of aromatic nitrogens is 5. The number of hydrogen-bond donors (Lipinski definition) is 0. The van der Waals surface area contributed by atoms with Gasteiger partial charge in [-0.3, -0.25) is 0 Å². The molecule has 0 radical (unpaired) electrons. The van der Waals surface area contributed by atoms with Crippen molar-refractivity contribution in [2.75, 3.05) is 0 Å². The van der Waals surface area contributed by atoms with Gasteiger partial charge in [0.25, 0.3) is 0 Å². The second-order valence-corrected chi connectivity index (χ2v) is 5.83. The van der Waals surface area contributed by atoms with E-state index < -0.39 is 0 Å². The van der Waals surface area contributed by atoms with E-state index in [0.717, 1.165) is 40.7 Å². The fourth-order valence-electron chi connectivity index (χ4n) is 2.58. The molecule has 112 valence electrons. The first-order valence-corrected chi connectivity index (χ1v) is 7.44. The zero-order chi connectivity index (χ0) is 15.1. The van der Waals surface area contributed by atoms with Crippen LogP contribution in [0.4, 0.5) is 0 Å². The first kappa shape index (κ1) is 14.1. The Kier molecular flexibility index (Phi) is 3.49. The molecule has 3 aromatic rings. The maximum absolute atomic E-state index is 6.30. The molecule has 0 aromatic carbocycles. The minimum atomic E-state index is -0.185. The highest BCUT2D eigenvalue weighted by Crippen LogP contribution is 2.27. The lowest BCUT2D eigenvalue weighted by Gasteiger charge is -2.10. The molecule has 6 nitrogen and oxygen atoms in total. The van der Waals surface area contributed by atoms with Gasteiger partial charge >= 0.3 is 0 Å². The predicted octanol–water partition coefficient (Wildman–Crippen LogP) is 3.21. The summed E-state index contributed by atoms with van der Waals surface area (Å²) in [6.07, 6.45) is 0. The summed E-state index contributed by atoms with van der Waals surface area (Å²) in [6, 6.07) is 1.92. The third-order valence-corrected chi connectivity index (χ3v) is 3.68. The van der Waals surface area contributed by atoms with Gasteiger partial charge in [0.05, 0.1) is 17.6 Å². The number of halogens is 1. The molecule has 1 atom stereocenters. The van der Waals surface area contributed by atoms with Crippen LogP contribution in [-0.4, -0.2) is 24.5 Å². The number of aryl methyl sites for hydroxylation is 3. The topological polar surface area (TPSA) is 61.7 Å². The monoisotopic (exact) mass is 307 g/mol. The van der Waals surface area contributed by atoms with Gasteiger partial charge in [0, 0.05) is 12.6 Å². The van der Waals surface area contributed by atoms with Crippen molar-refractivity contribution < 1.29 is 4.52 Å². The van der Waals surface area contributed by atoms with Crippen molar-refractivity contribution in [3.63, 3.8) is 0 Å². The van der Waals surface area contributed by atoms with Crippen LogP contribution in [0, 0.1) is 13.8 Å². The van der Waals surface area contributed by atoms with Crippen molar-refractivity contribution in [2.45, 2.75) is 46.2 Å². The maximum atomic E-state index is 6.30. The molecule has 1 unspecified atom stereocenters. The average molecular weight is 308 g/mol. The van der Waals surface area contributed by atoms with Crippen molar-refractivity contribution >= 4 is 22.8 Å². The van der Waals surface area contributed by atoms with Gasteiger partial charge in [0.2, 0.25) is 0 Å². The third-order valence-electron chi connectivity index (χ3n) is 3.48. The molecule has 21 heavy (non-hydrogen) atoms. The summed E-state index contributed by atoms with van der Waals surface area (Å²) in [5.41, 5.74) is 3.66. The van der Waals surface area contributed by atoms with Crippen molar-refractivity contribution in [1.82, 2.24) is 24.5 Å². The van der Waals surface area contributed by atoms with Crippen LogP contribution in [0.1, 0.15) is 42.2 Å². The minimum Gasteiger partial charge on any atom is -0.361 e. The van der Waals surface area contributed by atoms with E-state index in [1.807, 2.05) is 31.5 Å². The molecule has 3 rings (SSSR count). The number of alkyl halides is 1. The van der Waals surface area contributed by atoms with Crippen LogP contribution in [0.2, 0.25) is 0 Å². The average Bonchev–Trinajstić information content (AvgIpc) is 3.08. The van der Waals surface area contributed by atoms with Crippen LogP contribution in [0.25, 0.3) is 11.2 Å². The summed E-state index contributed by atoms with van der Waals surface area (Å²) >= 11 is 6.30. The standard InChI is InChI=1S/C14H18ClN5O/c1-5-20-14-12(10(4)17-20)16-13(9(3)15)19(14)7-11-6-8(2)21-18-11/h6,9H,5,7H2,1-4H3. The Morgan fingerprint density at radius 3 is 2.71 bits per heavy atom. The number of hydrogen-bond acceptors (Lipinski definition) is 4. The van der Waals surface area contributed by atoms with Gasteiger partial charge < -0.3 is 9.09 Å². The lowest BCUT2D eigenvalue weighted by atomic mass is 10.3. The van der Waals surface area contributed by atoms with Crippen molar-refractivity contribution in [3.05, 3.63) is 29.0 Å².